The second-order valence-electron chi connectivity index (χ2n) is 13.9. The van der Waals surface area contributed by atoms with Crippen LogP contribution in [0.3, 0.4) is 0 Å². The van der Waals surface area contributed by atoms with Crippen LogP contribution < -0.4 is 9.47 Å². The zero-order valence-corrected chi connectivity index (χ0v) is 29.0. The van der Waals surface area contributed by atoms with Gasteiger partial charge in [0.1, 0.15) is 11.5 Å². The standard InChI is InChI=1S/C40H57F3O4/c1-4-6-8-10-11-12-13-15-31-16-18-32(19-17-31)20-21-33-22-26-35(27-23-33)46-37(44)34-24-28-36(29-25-34)47-38(45)39(3,40(41,42)43)30-14-9-7-5-2/h22-29,31-32H,4-21,30H2,1-3H3. The molecule has 4 nitrogen and oxygen atoms in total. The normalized spacial score (nSPS) is 18.0. The third-order valence-electron chi connectivity index (χ3n) is 10.1. The second-order valence-corrected chi connectivity index (χ2v) is 13.9. The van der Waals surface area contributed by atoms with Crippen LogP contribution in [0.1, 0.15) is 152 Å². The molecule has 0 heterocycles. The van der Waals surface area contributed by atoms with Crippen molar-refractivity contribution in [2.75, 3.05) is 0 Å². The molecule has 0 amide bonds. The Balaban J connectivity index is 1.39. The molecule has 0 saturated heterocycles. The fourth-order valence-corrected chi connectivity index (χ4v) is 6.60. The highest BCUT2D eigenvalue weighted by atomic mass is 19.4. The first-order chi connectivity index (χ1) is 22.6. The van der Waals surface area contributed by atoms with Crippen molar-refractivity contribution in [2.24, 2.45) is 17.3 Å². The fourth-order valence-electron chi connectivity index (χ4n) is 6.60. The molecule has 3 rings (SSSR count). The fraction of sp³-hybridized carbons (Fsp3) is 0.650. The Morgan fingerprint density at radius 1 is 0.660 bits per heavy atom. The summed E-state index contributed by atoms with van der Waals surface area (Å²) >= 11 is 0. The van der Waals surface area contributed by atoms with Crippen molar-refractivity contribution >= 4 is 11.9 Å². The third kappa shape index (κ3) is 12.9. The van der Waals surface area contributed by atoms with E-state index in [1.807, 2.05) is 19.1 Å². The molecule has 0 N–H and O–H groups in total. The molecule has 0 radical (unpaired) electrons. The average Bonchev–Trinajstić information content (AvgIpc) is 3.06. The number of ether oxygens (including phenoxy) is 2. The lowest BCUT2D eigenvalue weighted by molar-refractivity contribution is -0.226. The highest BCUT2D eigenvalue weighted by Crippen LogP contribution is 2.43. The number of carbonyl (C=O) groups is 2. The maximum atomic E-state index is 13.8. The minimum absolute atomic E-state index is 0.0541. The van der Waals surface area contributed by atoms with E-state index in [2.05, 4.69) is 6.92 Å². The van der Waals surface area contributed by atoms with Crippen LogP contribution in [0.25, 0.3) is 0 Å². The largest absolute Gasteiger partial charge is 0.426 e. The summed E-state index contributed by atoms with van der Waals surface area (Å²) in [5.74, 6) is 0.125. The SMILES string of the molecule is CCCCCCCCCC1CCC(CCc2ccc(OC(=O)c3ccc(OC(=O)C(C)(CCCCCC)C(F)(F)F)cc3)cc2)CC1. The summed E-state index contributed by atoms with van der Waals surface area (Å²) in [6, 6.07) is 13.0. The van der Waals surface area contributed by atoms with E-state index in [0.717, 1.165) is 38.0 Å². The van der Waals surface area contributed by atoms with Gasteiger partial charge in [-0.15, -0.1) is 0 Å². The Morgan fingerprint density at radius 3 is 1.72 bits per heavy atom. The minimum atomic E-state index is -4.73. The van der Waals surface area contributed by atoms with Gasteiger partial charge in [-0.2, -0.15) is 13.2 Å². The van der Waals surface area contributed by atoms with Gasteiger partial charge >= 0.3 is 18.1 Å². The molecule has 47 heavy (non-hydrogen) atoms. The van der Waals surface area contributed by atoms with Crippen molar-refractivity contribution in [3.05, 3.63) is 59.7 Å². The van der Waals surface area contributed by atoms with E-state index >= 15 is 0 Å². The molecular weight excluding hydrogens is 601 g/mol. The van der Waals surface area contributed by atoms with Gasteiger partial charge in [-0.3, -0.25) is 4.79 Å². The third-order valence-corrected chi connectivity index (χ3v) is 10.1. The van der Waals surface area contributed by atoms with Crippen molar-refractivity contribution in [1.29, 1.82) is 0 Å². The summed E-state index contributed by atoms with van der Waals surface area (Å²) < 4.78 is 52.1. The van der Waals surface area contributed by atoms with Gasteiger partial charge in [0.05, 0.1) is 5.56 Å². The molecule has 0 bridgehead atoms. The Bertz CT molecular complexity index is 1180. The predicted molar refractivity (Wildman–Crippen MR) is 183 cm³/mol. The first-order valence-corrected chi connectivity index (χ1v) is 18.3. The smallest absolute Gasteiger partial charge is 0.404 e. The molecular formula is C40H57F3O4. The zero-order chi connectivity index (χ0) is 34.1. The van der Waals surface area contributed by atoms with Gasteiger partial charge in [0.2, 0.25) is 0 Å². The number of rotatable bonds is 20. The maximum Gasteiger partial charge on any atom is 0.404 e. The number of alkyl halides is 3. The first kappa shape index (κ1) is 38.6. The molecule has 0 aromatic heterocycles. The number of unbranched alkanes of at least 4 members (excludes halogenated alkanes) is 9. The molecule has 1 aliphatic carbocycles. The number of hydrogen-bond donors (Lipinski definition) is 0. The lowest BCUT2D eigenvalue weighted by Crippen LogP contribution is -2.45. The molecule has 0 aliphatic heterocycles. The van der Waals surface area contributed by atoms with Crippen molar-refractivity contribution < 1.29 is 32.2 Å². The molecule has 1 aliphatic rings. The van der Waals surface area contributed by atoms with Gasteiger partial charge in [0.25, 0.3) is 0 Å². The summed E-state index contributed by atoms with van der Waals surface area (Å²) in [6.45, 7) is 5.13. The Kier molecular flexibility index (Phi) is 16.3. The summed E-state index contributed by atoms with van der Waals surface area (Å²) in [6.07, 6.45) is 16.2. The highest BCUT2D eigenvalue weighted by molar-refractivity contribution is 5.91. The summed E-state index contributed by atoms with van der Waals surface area (Å²) in [5, 5.41) is 0. The number of benzene rings is 2. The van der Waals surface area contributed by atoms with Gasteiger partial charge in [-0.1, -0.05) is 129 Å². The summed E-state index contributed by atoms with van der Waals surface area (Å²) in [5.41, 5.74) is -1.18. The molecule has 1 unspecified atom stereocenters. The van der Waals surface area contributed by atoms with Gasteiger partial charge in [0, 0.05) is 0 Å². The predicted octanol–water partition coefficient (Wildman–Crippen LogP) is 12.2. The number of hydrogen-bond acceptors (Lipinski definition) is 4. The molecule has 262 valence electrons. The highest BCUT2D eigenvalue weighted by Gasteiger charge is 2.57. The lowest BCUT2D eigenvalue weighted by Gasteiger charge is -2.29. The lowest BCUT2D eigenvalue weighted by atomic mass is 9.77. The van der Waals surface area contributed by atoms with E-state index in [4.69, 9.17) is 9.47 Å². The van der Waals surface area contributed by atoms with E-state index < -0.39 is 23.5 Å². The van der Waals surface area contributed by atoms with E-state index in [-0.39, 0.29) is 24.2 Å². The van der Waals surface area contributed by atoms with Gasteiger partial charge in [-0.05, 0) is 80.0 Å². The van der Waals surface area contributed by atoms with Crippen molar-refractivity contribution in [1.82, 2.24) is 0 Å². The van der Waals surface area contributed by atoms with Crippen LogP contribution in [0, 0.1) is 17.3 Å². The second kappa shape index (κ2) is 19.9. The van der Waals surface area contributed by atoms with Crippen molar-refractivity contribution in [2.45, 2.75) is 149 Å². The molecule has 2 aromatic carbocycles. The maximum absolute atomic E-state index is 13.8. The van der Waals surface area contributed by atoms with E-state index in [0.29, 0.717) is 12.2 Å². The molecule has 1 atom stereocenters. The Labute approximate surface area is 281 Å². The van der Waals surface area contributed by atoms with E-state index in [1.165, 1.54) is 113 Å². The van der Waals surface area contributed by atoms with Crippen LogP contribution in [0.4, 0.5) is 13.2 Å². The quantitative estimate of drug-likeness (QED) is 0.0807. The topological polar surface area (TPSA) is 52.6 Å². The number of halogens is 3. The Hall–Kier alpha value is -2.83. The van der Waals surface area contributed by atoms with Crippen molar-refractivity contribution in [3.8, 4) is 11.5 Å². The van der Waals surface area contributed by atoms with E-state index in [9.17, 15) is 22.8 Å². The molecule has 0 spiro atoms. The van der Waals surface area contributed by atoms with Crippen LogP contribution in [0.5, 0.6) is 11.5 Å². The van der Waals surface area contributed by atoms with Crippen molar-refractivity contribution in [3.63, 3.8) is 0 Å². The van der Waals surface area contributed by atoms with Gasteiger partial charge in [-0.25, -0.2) is 4.79 Å². The molecule has 1 fully saturated rings. The number of carbonyl (C=O) groups excluding carboxylic acids is 2. The Morgan fingerprint density at radius 2 is 1.15 bits per heavy atom. The number of esters is 2. The van der Waals surface area contributed by atoms with Gasteiger partial charge < -0.3 is 9.47 Å². The van der Waals surface area contributed by atoms with Crippen LogP contribution in [0.15, 0.2) is 48.5 Å². The summed E-state index contributed by atoms with van der Waals surface area (Å²) in [7, 11) is 0. The van der Waals surface area contributed by atoms with Crippen LogP contribution in [0.2, 0.25) is 0 Å². The average molecular weight is 659 g/mol. The zero-order valence-electron chi connectivity index (χ0n) is 29.0. The number of aryl methyl sites for hydroxylation is 1. The van der Waals surface area contributed by atoms with Gasteiger partial charge in [0.15, 0.2) is 5.41 Å². The molecule has 7 heteroatoms. The first-order valence-electron chi connectivity index (χ1n) is 18.3. The monoisotopic (exact) mass is 658 g/mol. The van der Waals surface area contributed by atoms with Crippen LogP contribution in [-0.2, 0) is 11.2 Å². The van der Waals surface area contributed by atoms with Crippen LogP contribution in [-0.4, -0.2) is 18.1 Å². The summed E-state index contributed by atoms with van der Waals surface area (Å²) in [4.78, 5) is 25.3. The molecule has 2 aromatic rings. The molecule has 1 saturated carbocycles. The van der Waals surface area contributed by atoms with Crippen LogP contribution >= 0.6 is 0 Å². The van der Waals surface area contributed by atoms with E-state index in [1.54, 1.807) is 12.1 Å². The minimum Gasteiger partial charge on any atom is -0.426 e.